The maximum atomic E-state index is 13.8. The minimum absolute atomic E-state index is 0.00607. The van der Waals surface area contributed by atoms with Gasteiger partial charge in [0.25, 0.3) is 0 Å². The van der Waals surface area contributed by atoms with Crippen molar-refractivity contribution in [1.82, 2.24) is 14.9 Å². The lowest BCUT2D eigenvalue weighted by Gasteiger charge is -2.36. The average Bonchev–Trinajstić information content (AvgIpc) is 2.76. The van der Waals surface area contributed by atoms with E-state index in [2.05, 4.69) is 4.90 Å². The molecule has 1 fully saturated rings. The molecule has 1 saturated heterocycles. The molecule has 1 aliphatic heterocycles. The SMILES string of the molecule is Cc1ccc2c(N3CCN(C(=O)CCC(C)(C)F)CC3)nc(-c3ccccc3O)nc2c1. The van der Waals surface area contributed by atoms with Crippen LogP contribution in [0, 0.1) is 6.92 Å². The molecule has 0 unspecified atom stereocenters. The molecule has 3 aromatic rings. The number of piperazine rings is 1. The van der Waals surface area contributed by atoms with Crippen molar-refractivity contribution in [1.29, 1.82) is 0 Å². The number of phenolic OH excluding ortho intramolecular Hbond substituents is 1. The molecule has 6 nitrogen and oxygen atoms in total. The Morgan fingerprint density at radius 1 is 1.09 bits per heavy atom. The molecule has 0 atom stereocenters. The van der Waals surface area contributed by atoms with Crippen molar-refractivity contribution in [3.63, 3.8) is 0 Å². The predicted molar refractivity (Wildman–Crippen MR) is 125 cm³/mol. The number of hydrogen-bond acceptors (Lipinski definition) is 5. The minimum atomic E-state index is -1.34. The number of nitrogens with zero attached hydrogens (tertiary/aromatic N) is 4. The lowest BCUT2D eigenvalue weighted by atomic mass is 10.0. The van der Waals surface area contributed by atoms with Crippen LogP contribution in [0.4, 0.5) is 10.2 Å². The molecule has 168 valence electrons. The fourth-order valence-electron chi connectivity index (χ4n) is 3.98. The summed E-state index contributed by atoms with van der Waals surface area (Å²) in [5, 5.41) is 11.3. The Hall–Kier alpha value is -3.22. The Balaban J connectivity index is 1.60. The van der Waals surface area contributed by atoms with Gasteiger partial charge in [-0.25, -0.2) is 14.4 Å². The number of amides is 1. The van der Waals surface area contributed by atoms with Gasteiger partial charge >= 0.3 is 0 Å². The van der Waals surface area contributed by atoms with E-state index in [0.717, 1.165) is 22.3 Å². The van der Waals surface area contributed by atoms with E-state index in [0.29, 0.717) is 37.6 Å². The highest BCUT2D eigenvalue weighted by Crippen LogP contribution is 2.32. The average molecular weight is 437 g/mol. The second kappa shape index (κ2) is 8.73. The number of hydrogen-bond donors (Lipinski definition) is 1. The minimum Gasteiger partial charge on any atom is -0.507 e. The van der Waals surface area contributed by atoms with E-state index in [1.165, 1.54) is 13.8 Å². The number of benzene rings is 2. The number of anilines is 1. The van der Waals surface area contributed by atoms with Crippen molar-refractivity contribution < 1.29 is 14.3 Å². The molecule has 1 N–H and O–H groups in total. The summed E-state index contributed by atoms with van der Waals surface area (Å²) in [7, 11) is 0. The molecule has 7 heteroatoms. The number of carbonyl (C=O) groups excluding carboxylic acids is 1. The Labute approximate surface area is 187 Å². The fourth-order valence-corrected chi connectivity index (χ4v) is 3.98. The molecule has 32 heavy (non-hydrogen) atoms. The number of fused-ring (bicyclic) bond motifs is 1. The van der Waals surface area contributed by atoms with Crippen LogP contribution in [-0.2, 0) is 4.79 Å². The first-order chi connectivity index (χ1) is 15.2. The van der Waals surface area contributed by atoms with Gasteiger partial charge in [-0.15, -0.1) is 0 Å². The highest BCUT2D eigenvalue weighted by atomic mass is 19.1. The summed E-state index contributed by atoms with van der Waals surface area (Å²) in [5.74, 6) is 1.40. The molecule has 0 bridgehead atoms. The fraction of sp³-hybridized carbons (Fsp3) is 0.400. The monoisotopic (exact) mass is 436 g/mol. The number of aromatic nitrogens is 2. The van der Waals surface area contributed by atoms with Crippen LogP contribution < -0.4 is 4.90 Å². The lowest BCUT2D eigenvalue weighted by molar-refractivity contribution is -0.132. The summed E-state index contributed by atoms with van der Waals surface area (Å²) in [4.78, 5) is 26.0. The van der Waals surface area contributed by atoms with Gasteiger partial charge < -0.3 is 14.9 Å². The number of aryl methyl sites for hydroxylation is 1. The summed E-state index contributed by atoms with van der Waals surface area (Å²) in [6.07, 6.45) is 0.447. The topological polar surface area (TPSA) is 69.6 Å². The number of carbonyl (C=O) groups is 1. The van der Waals surface area contributed by atoms with E-state index in [-0.39, 0.29) is 24.5 Å². The van der Waals surface area contributed by atoms with Crippen molar-refractivity contribution in [3.05, 3.63) is 48.0 Å². The molecule has 1 amide bonds. The molecule has 1 aromatic heterocycles. The molecule has 1 aliphatic rings. The zero-order valence-corrected chi connectivity index (χ0v) is 18.8. The Morgan fingerprint density at radius 3 is 2.50 bits per heavy atom. The Bertz CT molecular complexity index is 1130. The lowest BCUT2D eigenvalue weighted by Crippen LogP contribution is -2.49. The van der Waals surface area contributed by atoms with Crippen LogP contribution in [-0.4, -0.2) is 57.7 Å². The molecular weight excluding hydrogens is 407 g/mol. The van der Waals surface area contributed by atoms with Gasteiger partial charge in [-0.2, -0.15) is 0 Å². The number of para-hydroxylation sites is 1. The van der Waals surface area contributed by atoms with Gasteiger partial charge in [0.1, 0.15) is 17.2 Å². The maximum absolute atomic E-state index is 13.8. The van der Waals surface area contributed by atoms with E-state index < -0.39 is 5.67 Å². The molecule has 2 heterocycles. The molecule has 0 radical (unpaired) electrons. The third-order valence-electron chi connectivity index (χ3n) is 5.84. The summed E-state index contributed by atoms with van der Waals surface area (Å²) < 4.78 is 13.8. The zero-order chi connectivity index (χ0) is 22.9. The van der Waals surface area contributed by atoms with Gasteiger partial charge in [0, 0.05) is 38.0 Å². The summed E-state index contributed by atoms with van der Waals surface area (Å²) in [6.45, 7) is 7.41. The number of aromatic hydroxyl groups is 1. The van der Waals surface area contributed by atoms with Crippen LogP contribution in [0.1, 0.15) is 32.3 Å². The highest BCUT2D eigenvalue weighted by Gasteiger charge is 2.26. The van der Waals surface area contributed by atoms with Gasteiger partial charge in [0.15, 0.2) is 5.82 Å². The summed E-state index contributed by atoms with van der Waals surface area (Å²) in [6, 6.07) is 13.1. The van der Waals surface area contributed by atoms with Crippen molar-refractivity contribution in [2.75, 3.05) is 31.1 Å². The third kappa shape index (κ3) is 4.82. The van der Waals surface area contributed by atoms with Crippen molar-refractivity contribution in [2.24, 2.45) is 0 Å². The second-order valence-electron chi connectivity index (χ2n) is 9.00. The molecule has 0 saturated carbocycles. The van der Waals surface area contributed by atoms with Gasteiger partial charge in [-0.1, -0.05) is 18.2 Å². The molecule has 4 rings (SSSR count). The number of halogens is 1. The highest BCUT2D eigenvalue weighted by molar-refractivity contribution is 5.92. The van der Waals surface area contributed by atoms with E-state index in [1.54, 1.807) is 23.1 Å². The number of phenols is 1. The molecular formula is C25H29FN4O2. The first-order valence-electron chi connectivity index (χ1n) is 11.0. The van der Waals surface area contributed by atoms with E-state index in [9.17, 15) is 14.3 Å². The van der Waals surface area contributed by atoms with E-state index >= 15 is 0 Å². The normalized spacial score (nSPS) is 14.8. The summed E-state index contributed by atoms with van der Waals surface area (Å²) >= 11 is 0. The van der Waals surface area contributed by atoms with Gasteiger partial charge in [-0.05, 0) is 57.0 Å². The zero-order valence-electron chi connectivity index (χ0n) is 18.8. The van der Waals surface area contributed by atoms with Gasteiger partial charge in [0.2, 0.25) is 5.91 Å². The van der Waals surface area contributed by atoms with E-state index in [4.69, 9.17) is 9.97 Å². The van der Waals surface area contributed by atoms with Crippen molar-refractivity contribution in [2.45, 2.75) is 39.3 Å². The maximum Gasteiger partial charge on any atom is 0.222 e. The van der Waals surface area contributed by atoms with Crippen LogP contribution >= 0.6 is 0 Å². The van der Waals surface area contributed by atoms with Crippen LogP contribution in [0.15, 0.2) is 42.5 Å². The predicted octanol–water partition coefficient (Wildman–Crippen LogP) is 4.49. The molecule has 2 aromatic carbocycles. The number of alkyl halides is 1. The van der Waals surface area contributed by atoms with Crippen LogP contribution in [0.3, 0.4) is 0 Å². The van der Waals surface area contributed by atoms with E-state index in [1.807, 2.05) is 31.2 Å². The van der Waals surface area contributed by atoms with Crippen molar-refractivity contribution >= 4 is 22.6 Å². The van der Waals surface area contributed by atoms with Crippen LogP contribution in [0.25, 0.3) is 22.3 Å². The standard InChI is InChI=1S/C25H29FN4O2/c1-17-8-9-18-20(16-17)27-23(19-6-4-5-7-21(19)31)28-24(18)30-14-12-29(13-15-30)22(32)10-11-25(2,3)26/h4-9,16,31H,10-15H2,1-3H3. The Morgan fingerprint density at radius 2 is 1.81 bits per heavy atom. The third-order valence-corrected chi connectivity index (χ3v) is 5.84. The van der Waals surface area contributed by atoms with Gasteiger partial charge in [0.05, 0.1) is 11.1 Å². The quantitative estimate of drug-likeness (QED) is 0.638. The van der Waals surface area contributed by atoms with Crippen molar-refractivity contribution in [3.8, 4) is 17.1 Å². The Kier molecular flexibility index (Phi) is 6.00. The molecule has 0 spiro atoms. The van der Waals surface area contributed by atoms with Crippen LogP contribution in [0.5, 0.6) is 5.75 Å². The second-order valence-corrected chi connectivity index (χ2v) is 9.00. The summed E-state index contributed by atoms with van der Waals surface area (Å²) in [5.41, 5.74) is 1.16. The number of rotatable bonds is 5. The first kappa shape index (κ1) is 22.0. The largest absolute Gasteiger partial charge is 0.507 e. The van der Waals surface area contributed by atoms with Gasteiger partial charge in [-0.3, -0.25) is 4.79 Å². The van der Waals surface area contributed by atoms with Crippen LogP contribution in [0.2, 0.25) is 0 Å². The first-order valence-corrected chi connectivity index (χ1v) is 11.0. The molecule has 0 aliphatic carbocycles. The smallest absolute Gasteiger partial charge is 0.222 e.